The lowest BCUT2D eigenvalue weighted by molar-refractivity contribution is -0.123. The molecule has 2 aliphatic heterocycles. The predicted molar refractivity (Wildman–Crippen MR) is 205 cm³/mol. The highest BCUT2D eigenvalue weighted by Crippen LogP contribution is 2.38. The standard InChI is InChI=1S/C40H56N6O7/c1-37(2,3)52-35(49)43-25-13-23-39(7,41)33(47)45-29-17-11-9-15-27(29)19-21-31(45)51-32-22-20-28-16-10-12-18-30(28)46(32)34(48)40(8,42)24-14-26-44-36(50)53-38(4,5)6/h9-12,15-18,21-22H,13-14,19-20,23-26,41-42H2,1-8H3,(H,43,49)(H,44,50)/t39-,40-/m0/s1. The van der Waals surface area contributed by atoms with Crippen LogP contribution in [0.1, 0.15) is 92.2 Å². The van der Waals surface area contributed by atoms with Gasteiger partial charge in [0.2, 0.25) is 11.8 Å². The minimum absolute atomic E-state index is 0.209. The summed E-state index contributed by atoms with van der Waals surface area (Å²) >= 11 is 0. The highest BCUT2D eigenvalue weighted by atomic mass is 16.6. The molecule has 2 aromatic carbocycles. The molecule has 0 saturated heterocycles. The van der Waals surface area contributed by atoms with E-state index in [4.69, 9.17) is 25.7 Å². The lowest BCUT2D eigenvalue weighted by Crippen LogP contribution is -2.56. The molecule has 4 amide bonds. The van der Waals surface area contributed by atoms with E-state index < -0.39 is 46.3 Å². The van der Waals surface area contributed by atoms with Crippen LogP contribution >= 0.6 is 0 Å². The Hall–Kier alpha value is -4.88. The van der Waals surface area contributed by atoms with E-state index in [0.29, 0.717) is 37.1 Å². The number of nitrogens with one attached hydrogen (secondary N) is 2. The van der Waals surface area contributed by atoms with Gasteiger partial charge in [-0.1, -0.05) is 36.4 Å². The number of benzene rings is 2. The highest BCUT2D eigenvalue weighted by molar-refractivity contribution is 6.04. The van der Waals surface area contributed by atoms with E-state index in [2.05, 4.69) is 10.6 Å². The van der Waals surface area contributed by atoms with Crippen molar-refractivity contribution in [2.45, 2.75) is 116 Å². The molecule has 53 heavy (non-hydrogen) atoms. The number of allylic oxidation sites excluding steroid dienone is 2. The number of para-hydroxylation sites is 2. The third kappa shape index (κ3) is 11.1. The van der Waals surface area contributed by atoms with E-state index in [1.54, 1.807) is 67.5 Å². The van der Waals surface area contributed by atoms with Crippen molar-refractivity contribution in [3.05, 3.63) is 83.6 Å². The second kappa shape index (κ2) is 16.4. The third-order valence-corrected chi connectivity index (χ3v) is 8.57. The average molecular weight is 733 g/mol. The Labute approximate surface area is 313 Å². The molecule has 13 nitrogen and oxygen atoms in total. The van der Waals surface area contributed by atoms with Crippen LogP contribution in [0.25, 0.3) is 0 Å². The Bertz CT molecular complexity index is 1610. The number of nitrogens with two attached hydrogens (primary N) is 2. The number of rotatable bonds is 12. The maximum absolute atomic E-state index is 14.4. The summed E-state index contributed by atoms with van der Waals surface area (Å²) < 4.78 is 17.2. The van der Waals surface area contributed by atoms with Crippen molar-refractivity contribution >= 4 is 35.4 Å². The summed E-state index contributed by atoms with van der Waals surface area (Å²) in [6.45, 7) is 14.5. The van der Waals surface area contributed by atoms with Gasteiger partial charge in [0.1, 0.15) is 11.2 Å². The fraction of sp³-hybridized carbons (Fsp3) is 0.500. The molecule has 0 saturated carbocycles. The Balaban J connectivity index is 1.54. The molecule has 13 heteroatoms. The van der Waals surface area contributed by atoms with Gasteiger partial charge in [0.05, 0.1) is 22.5 Å². The number of anilines is 2. The Kier molecular flexibility index (Phi) is 12.7. The molecule has 2 atom stereocenters. The molecule has 288 valence electrons. The van der Waals surface area contributed by atoms with Crippen molar-refractivity contribution in [3.63, 3.8) is 0 Å². The van der Waals surface area contributed by atoms with Crippen LogP contribution in [0.2, 0.25) is 0 Å². The van der Waals surface area contributed by atoms with Crippen molar-refractivity contribution in [2.24, 2.45) is 11.5 Å². The molecule has 0 bridgehead atoms. The van der Waals surface area contributed by atoms with Crippen molar-refractivity contribution < 1.29 is 33.4 Å². The number of alkyl carbamates (subject to hydrolysis) is 2. The number of carbonyl (C=O) groups is 4. The average Bonchev–Trinajstić information content (AvgIpc) is 3.06. The normalized spacial score (nSPS) is 16.4. The lowest BCUT2D eigenvalue weighted by atomic mass is 9.93. The maximum Gasteiger partial charge on any atom is 0.407 e. The fourth-order valence-electron chi connectivity index (χ4n) is 5.96. The first-order valence-electron chi connectivity index (χ1n) is 18.1. The first-order valence-corrected chi connectivity index (χ1v) is 18.1. The molecule has 2 aliphatic rings. The van der Waals surface area contributed by atoms with Gasteiger partial charge < -0.3 is 36.3 Å². The number of hydrogen-bond acceptors (Lipinski definition) is 9. The van der Waals surface area contributed by atoms with Crippen LogP contribution < -0.4 is 31.9 Å². The number of amides is 4. The van der Waals surface area contributed by atoms with Gasteiger partial charge in [-0.2, -0.15) is 0 Å². The van der Waals surface area contributed by atoms with Crippen molar-refractivity contribution in [3.8, 4) is 0 Å². The molecule has 0 radical (unpaired) electrons. The molecule has 2 aromatic rings. The Morgan fingerprint density at radius 3 is 1.34 bits per heavy atom. The molecule has 0 aliphatic carbocycles. The SMILES string of the molecule is CC(C)(C)OC(=O)NCCC[C@](C)(N)C(=O)N1C(OC2=CCc3ccccc3N2C(=O)[C@@](C)(N)CCCNC(=O)OC(C)(C)C)=CCc2ccccc21. The van der Waals surface area contributed by atoms with Gasteiger partial charge in [-0.25, -0.2) is 19.4 Å². The summed E-state index contributed by atoms with van der Waals surface area (Å²) in [6.07, 6.45) is 4.81. The molecule has 0 aromatic heterocycles. The van der Waals surface area contributed by atoms with Crippen LogP contribution in [0.3, 0.4) is 0 Å². The summed E-state index contributed by atoms with van der Waals surface area (Å²) in [7, 11) is 0. The minimum Gasteiger partial charge on any atom is -0.444 e. The van der Waals surface area contributed by atoms with Gasteiger partial charge >= 0.3 is 12.2 Å². The van der Waals surface area contributed by atoms with Crippen LogP contribution in [0.5, 0.6) is 0 Å². The number of nitrogens with zero attached hydrogens (tertiary/aromatic N) is 2. The highest BCUT2D eigenvalue weighted by Gasteiger charge is 2.41. The van der Waals surface area contributed by atoms with Crippen LogP contribution in [0.4, 0.5) is 21.0 Å². The lowest BCUT2D eigenvalue weighted by Gasteiger charge is -2.39. The zero-order chi connectivity index (χ0) is 39.2. The van der Waals surface area contributed by atoms with E-state index >= 15 is 0 Å². The smallest absolute Gasteiger partial charge is 0.407 e. The zero-order valence-electron chi connectivity index (χ0n) is 32.3. The van der Waals surface area contributed by atoms with Gasteiger partial charge in [0.15, 0.2) is 0 Å². The van der Waals surface area contributed by atoms with E-state index in [-0.39, 0.29) is 37.7 Å². The van der Waals surface area contributed by atoms with E-state index in [1.165, 1.54) is 9.80 Å². The topological polar surface area (TPSA) is 179 Å². The molecule has 2 heterocycles. The molecule has 4 rings (SSSR count). The number of ether oxygens (including phenoxy) is 3. The van der Waals surface area contributed by atoms with Crippen molar-refractivity contribution in [1.29, 1.82) is 0 Å². The maximum atomic E-state index is 14.4. The first kappa shape index (κ1) is 40.9. The second-order valence-corrected chi connectivity index (χ2v) is 16.0. The Morgan fingerprint density at radius 1 is 0.623 bits per heavy atom. The van der Waals surface area contributed by atoms with Crippen LogP contribution in [0.15, 0.2) is 72.4 Å². The van der Waals surface area contributed by atoms with Crippen LogP contribution in [-0.2, 0) is 36.6 Å². The van der Waals surface area contributed by atoms with Crippen LogP contribution in [-0.4, -0.2) is 59.4 Å². The number of fused-ring (bicyclic) bond motifs is 2. The van der Waals surface area contributed by atoms with Crippen LogP contribution in [0, 0.1) is 0 Å². The number of hydrogen-bond donors (Lipinski definition) is 4. The zero-order valence-corrected chi connectivity index (χ0v) is 32.3. The van der Waals surface area contributed by atoms with E-state index in [1.807, 2.05) is 48.5 Å². The fourth-order valence-corrected chi connectivity index (χ4v) is 5.96. The van der Waals surface area contributed by atoms with Gasteiger partial charge in [-0.15, -0.1) is 0 Å². The minimum atomic E-state index is -1.35. The van der Waals surface area contributed by atoms with Gasteiger partial charge in [-0.05, 0) is 129 Å². The monoisotopic (exact) mass is 732 g/mol. The molecule has 0 unspecified atom stereocenters. The molecule has 6 N–H and O–H groups in total. The van der Waals surface area contributed by atoms with Crippen molar-refractivity contribution in [1.82, 2.24) is 10.6 Å². The summed E-state index contributed by atoms with van der Waals surface area (Å²) in [5.41, 5.74) is 12.5. The largest absolute Gasteiger partial charge is 0.444 e. The molecule has 0 spiro atoms. The molecular weight excluding hydrogens is 676 g/mol. The summed E-state index contributed by atoms with van der Waals surface area (Å²) in [6, 6.07) is 15.0. The van der Waals surface area contributed by atoms with Gasteiger partial charge in [0, 0.05) is 13.1 Å². The van der Waals surface area contributed by atoms with Crippen molar-refractivity contribution in [2.75, 3.05) is 22.9 Å². The van der Waals surface area contributed by atoms with E-state index in [9.17, 15) is 19.2 Å². The molecule has 0 fully saturated rings. The molecular formula is C40H56N6O7. The van der Waals surface area contributed by atoms with Gasteiger partial charge in [-0.3, -0.25) is 9.59 Å². The summed E-state index contributed by atoms with van der Waals surface area (Å²) in [5, 5.41) is 5.43. The summed E-state index contributed by atoms with van der Waals surface area (Å²) in [5.74, 6) is -0.407. The summed E-state index contributed by atoms with van der Waals surface area (Å²) in [4.78, 5) is 56.0. The predicted octanol–water partition coefficient (Wildman–Crippen LogP) is 5.91. The number of carbonyl (C=O) groups excluding carboxylic acids is 4. The second-order valence-electron chi connectivity index (χ2n) is 16.0. The first-order chi connectivity index (χ1) is 24.7. The Morgan fingerprint density at radius 2 is 0.981 bits per heavy atom. The third-order valence-electron chi connectivity index (χ3n) is 8.57. The van der Waals surface area contributed by atoms with Gasteiger partial charge in [0.25, 0.3) is 11.8 Å². The van der Waals surface area contributed by atoms with E-state index in [0.717, 1.165) is 11.1 Å². The quantitative estimate of drug-likeness (QED) is 0.193.